The van der Waals surface area contributed by atoms with E-state index in [2.05, 4.69) is 0 Å². The molecule has 1 N–H and O–H groups in total. The summed E-state index contributed by atoms with van der Waals surface area (Å²) in [6.07, 6.45) is 1.40. The normalized spacial score (nSPS) is 25.5. The lowest BCUT2D eigenvalue weighted by atomic mass is 9.77. The Balaban J connectivity index is 2.26. The summed E-state index contributed by atoms with van der Waals surface area (Å²) in [6.45, 7) is 0. The first-order chi connectivity index (χ1) is 6.68. The molecule has 14 heavy (non-hydrogen) atoms. The van der Waals surface area contributed by atoms with Crippen molar-refractivity contribution in [3.05, 3.63) is 39.9 Å². The number of nitrogens with zero attached hydrogens (tertiary/aromatic N) is 1. The maximum atomic E-state index is 10.5. The first-order valence-corrected chi connectivity index (χ1v) is 4.61. The molecule has 1 aliphatic rings. The zero-order valence-electron chi connectivity index (χ0n) is 7.59. The van der Waals surface area contributed by atoms with Crippen LogP contribution in [0.25, 0.3) is 0 Å². The molecule has 2 atom stereocenters. The van der Waals surface area contributed by atoms with E-state index in [0.717, 1.165) is 18.4 Å². The van der Waals surface area contributed by atoms with E-state index < -0.39 is 4.92 Å². The quantitative estimate of drug-likeness (QED) is 0.575. The van der Waals surface area contributed by atoms with E-state index in [-0.39, 0.29) is 17.7 Å². The van der Waals surface area contributed by atoms with Crippen molar-refractivity contribution in [3.8, 4) is 0 Å². The van der Waals surface area contributed by atoms with E-state index in [1.165, 1.54) is 6.07 Å². The van der Waals surface area contributed by atoms with E-state index in [4.69, 9.17) is 0 Å². The Morgan fingerprint density at radius 2 is 2.21 bits per heavy atom. The van der Waals surface area contributed by atoms with Gasteiger partial charge >= 0.3 is 0 Å². The van der Waals surface area contributed by atoms with Gasteiger partial charge in [0.1, 0.15) is 0 Å². The number of hydrogen-bond acceptors (Lipinski definition) is 3. The van der Waals surface area contributed by atoms with Gasteiger partial charge in [-0.05, 0) is 18.4 Å². The summed E-state index contributed by atoms with van der Waals surface area (Å²) >= 11 is 0. The smallest absolute Gasteiger partial charge is 0.269 e. The fraction of sp³-hybridized carbons (Fsp3) is 0.400. The molecule has 0 heterocycles. The monoisotopic (exact) mass is 193 g/mol. The number of benzene rings is 1. The van der Waals surface area contributed by atoms with Gasteiger partial charge in [-0.25, -0.2) is 0 Å². The van der Waals surface area contributed by atoms with Crippen LogP contribution in [0, 0.1) is 10.1 Å². The van der Waals surface area contributed by atoms with Crippen LogP contribution in [0.15, 0.2) is 24.3 Å². The lowest BCUT2D eigenvalue weighted by Crippen LogP contribution is -2.28. The number of aliphatic hydroxyl groups is 1. The standard InChI is InChI=1S/C10H11NO3/c12-10-5-4-9(10)7-2-1-3-8(6-7)11(13)14/h1-3,6,9-10,12H,4-5H2. The molecule has 2 unspecified atom stereocenters. The van der Waals surface area contributed by atoms with Crippen LogP contribution in [-0.2, 0) is 0 Å². The van der Waals surface area contributed by atoms with Gasteiger partial charge in [0.25, 0.3) is 5.69 Å². The summed E-state index contributed by atoms with van der Waals surface area (Å²) in [5.74, 6) is 0.0925. The molecule has 0 bridgehead atoms. The topological polar surface area (TPSA) is 63.4 Å². The number of nitro benzene ring substituents is 1. The average Bonchev–Trinajstić information content (AvgIpc) is 2.16. The van der Waals surface area contributed by atoms with Crippen molar-refractivity contribution >= 4 is 5.69 Å². The lowest BCUT2D eigenvalue weighted by Gasteiger charge is -2.32. The molecule has 1 aliphatic carbocycles. The summed E-state index contributed by atoms with van der Waals surface area (Å²) in [5.41, 5.74) is 0.972. The van der Waals surface area contributed by atoms with Gasteiger partial charge in [-0.3, -0.25) is 10.1 Å². The van der Waals surface area contributed by atoms with Crippen molar-refractivity contribution in [1.29, 1.82) is 0 Å². The molecule has 1 saturated carbocycles. The number of hydrogen-bond donors (Lipinski definition) is 1. The molecular weight excluding hydrogens is 182 g/mol. The van der Waals surface area contributed by atoms with Gasteiger partial charge in [0.05, 0.1) is 11.0 Å². The number of nitro groups is 1. The van der Waals surface area contributed by atoms with E-state index in [9.17, 15) is 15.2 Å². The van der Waals surface area contributed by atoms with Gasteiger partial charge in [-0.2, -0.15) is 0 Å². The molecule has 4 heteroatoms. The van der Waals surface area contributed by atoms with E-state index in [1.807, 2.05) is 6.07 Å². The predicted octanol–water partition coefficient (Wildman–Crippen LogP) is 1.83. The van der Waals surface area contributed by atoms with Gasteiger partial charge in [0, 0.05) is 18.1 Å². The van der Waals surface area contributed by atoms with Crippen molar-refractivity contribution in [3.63, 3.8) is 0 Å². The molecule has 0 aromatic heterocycles. The second kappa shape index (κ2) is 3.38. The molecule has 4 nitrogen and oxygen atoms in total. The van der Waals surface area contributed by atoms with Crippen molar-refractivity contribution in [2.45, 2.75) is 24.9 Å². The zero-order valence-corrected chi connectivity index (χ0v) is 7.59. The Morgan fingerprint density at radius 3 is 2.71 bits per heavy atom. The van der Waals surface area contributed by atoms with E-state index in [1.54, 1.807) is 12.1 Å². The zero-order chi connectivity index (χ0) is 10.1. The first-order valence-electron chi connectivity index (χ1n) is 4.61. The van der Waals surface area contributed by atoms with Crippen molar-refractivity contribution in [2.75, 3.05) is 0 Å². The minimum absolute atomic E-state index is 0.0925. The number of rotatable bonds is 2. The fourth-order valence-electron chi connectivity index (χ4n) is 1.74. The highest BCUT2D eigenvalue weighted by atomic mass is 16.6. The SMILES string of the molecule is O=[N+]([O-])c1cccc(C2CCC2O)c1. The van der Waals surface area contributed by atoms with Gasteiger partial charge < -0.3 is 5.11 Å². The Kier molecular flexibility index (Phi) is 2.21. The molecule has 1 fully saturated rings. The fourth-order valence-corrected chi connectivity index (χ4v) is 1.74. The number of aliphatic hydroxyl groups excluding tert-OH is 1. The van der Waals surface area contributed by atoms with Crippen LogP contribution in [0.5, 0.6) is 0 Å². The molecule has 2 rings (SSSR count). The molecule has 0 saturated heterocycles. The summed E-state index contributed by atoms with van der Waals surface area (Å²) in [6, 6.07) is 6.51. The molecule has 1 aromatic rings. The molecule has 0 aliphatic heterocycles. The van der Waals surface area contributed by atoms with Gasteiger partial charge in [0.2, 0.25) is 0 Å². The van der Waals surface area contributed by atoms with Crippen molar-refractivity contribution in [2.24, 2.45) is 0 Å². The van der Waals surface area contributed by atoms with Crippen LogP contribution in [0.3, 0.4) is 0 Å². The van der Waals surface area contributed by atoms with Crippen LogP contribution in [-0.4, -0.2) is 16.1 Å². The third-order valence-corrected chi connectivity index (χ3v) is 2.75. The summed E-state index contributed by atoms with van der Waals surface area (Å²) in [7, 11) is 0. The maximum absolute atomic E-state index is 10.5. The second-order valence-electron chi connectivity index (χ2n) is 3.60. The summed E-state index contributed by atoms with van der Waals surface area (Å²) in [5, 5.41) is 19.9. The highest BCUT2D eigenvalue weighted by molar-refractivity contribution is 5.37. The highest BCUT2D eigenvalue weighted by Gasteiger charge is 2.30. The van der Waals surface area contributed by atoms with Crippen LogP contribution in [0.1, 0.15) is 24.3 Å². The predicted molar refractivity (Wildman–Crippen MR) is 51.1 cm³/mol. The van der Waals surface area contributed by atoms with Crippen molar-refractivity contribution < 1.29 is 10.0 Å². The maximum Gasteiger partial charge on any atom is 0.269 e. The lowest BCUT2D eigenvalue weighted by molar-refractivity contribution is -0.385. The Labute approximate surface area is 81.3 Å². The Bertz CT molecular complexity index is 364. The third kappa shape index (κ3) is 1.48. The molecule has 74 valence electrons. The van der Waals surface area contributed by atoms with Crippen LogP contribution >= 0.6 is 0 Å². The van der Waals surface area contributed by atoms with Crippen LogP contribution < -0.4 is 0 Å². The summed E-state index contributed by atoms with van der Waals surface area (Å²) < 4.78 is 0. The number of non-ortho nitro benzene ring substituents is 1. The second-order valence-corrected chi connectivity index (χ2v) is 3.60. The average molecular weight is 193 g/mol. The molecular formula is C10H11NO3. The Morgan fingerprint density at radius 1 is 1.43 bits per heavy atom. The minimum atomic E-state index is -0.408. The third-order valence-electron chi connectivity index (χ3n) is 2.75. The van der Waals surface area contributed by atoms with E-state index in [0.29, 0.717) is 0 Å². The first kappa shape index (κ1) is 9.15. The summed E-state index contributed by atoms with van der Waals surface area (Å²) in [4.78, 5) is 10.1. The van der Waals surface area contributed by atoms with Crippen LogP contribution in [0.2, 0.25) is 0 Å². The minimum Gasteiger partial charge on any atom is -0.392 e. The van der Waals surface area contributed by atoms with Gasteiger partial charge in [-0.15, -0.1) is 0 Å². The van der Waals surface area contributed by atoms with Crippen molar-refractivity contribution in [1.82, 2.24) is 0 Å². The van der Waals surface area contributed by atoms with E-state index >= 15 is 0 Å². The molecule has 1 aromatic carbocycles. The van der Waals surface area contributed by atoms with Gasteiger partial charge in [-0.1, -0.05) is 12.1 Å². The van der Waals surface area contributed by atoms with Crippen LogP contribution in [0.4, 0.5) is 5.69 Å². The largest absolute Gasteiger partial charge is 0.392 e. The molecule has 0 spiro atoms. The molecule has 0 amide bonds. The Hall–Kier alpha value is -1.42. The van der Waals surface area contributed by atoms with Gasteiger partial charge in [0.15, 0.2) is 0 Å². The highest BCUT2D eigenvalue weighted by Crippen LogP contribution is 2.37. The molecule has 0 radical (unpaired) electrons.